The van der Waals surface area contributed by atoms with Gasteiger partial charge in [-0.25, -0.2) is 4.98 Å². The minimum atomic E-state index is 0.211. The second-order valence-electron chi connectivity index (χ2n) is 6.80. The van der Waals surface area contributed by atoms with E-state index in [4.69, 9.17) is 0 Å². The van der Waals surface area contributed by atoms with Crippen LogP contribution < -0.4 is 4.90 Å². The normalized spacial score (nSPS) is 21.3. The van der Waals surface area contributed by atoms with E-state index in [-0.39, 0.29) is 5.91 Å². The summed E-state index contributed by atoms with van der Waals surface area (Å²) in [5.74, 6) is 0.211. The molecule has 2 aliphatic rings. The van der Waals surface area contributed by atoms with Crippen LogP contribution in [0.25, 0.3) is 0 Å². The van der Waals surface area contributed by atoms with Crippen molar-refractivity contribution in [1.82, 2.24) is 19.7 Å². The molecule has 1 saturated heterocycles. The number of benzene rings is 1. The summed E-state index contributed by atoms with van der Waals surface area (Å²) in [5, 5.41) is 4.24. The first-order valence-electron chi connectivity index (χ1n) is 8.65. The van der Waals surface area contributed by atoms with Gasteiger partial charge in [-0.1, -0.05) is 12.1 Å². The zero-order valence-electron chi connectivity index (χ0n) is 14.1. The maximum atomic E-state index is 11.8. The highest BCUT2D eigenvalue weighted by Crippen LogP contribution is 2.29. The van der Waals surface area contributed by atoms with Gasteiger partial charge >= 0.3 is 0 Å². The van der Waals surface area contributed by atoms with Gasteiger partial charge in [-0.2, -0.15) is 5.10 Å². The van der Waals surface area contributed by atoms with Crippen LogP contribution >= 0.6 is 0 Å². The first-order valence-corrected chi connectivity index (χ1v) is 8.65. The van der Waals surface area contributed by atoms with E-state index in [0.29, 0.717) is 12.5 Å². The topological polar surface area (TPSA) is 54.3 Å². The molecule has 1 fully saturated rings. The molecule has 2 aromatic rings. The third kappa shape index (κ3) is 2.94. The molecule has 1 unspecified atom stereocenters. The lowest BCUT2D eigenvalue weighted by molar-refractivity contribution is -0.118. The first kappa shape index (κ1) is 15.3. The molecule has 24 heavy (non-hydrogen) atoms. The maximum Gasteiger partial charge on any atom is 0.227 e. The van der Waals surface area contributed by atoms with Crippen molar-refractivity contribution in [3.8, 4) is 0 Å². The SMILES string of the molecule is CN1C(=O)CCc2cc(CN3CCCC3Cn3cncn3)ccc21. The molecule has 1 aromatic heterocycles. The molecule has 0 saturated carbocycles. The van der Waals surface area contributed by atoms with E-state index in [1.165, 1.54) is 24.0 Å². The Bertz CT molecular complexity index is 727. The standard InChI is InChI=1S/C18H23N5O/c1-21-17-6-4-14(9-15(17)5-7-18(21)24)10-22-8-2-3-16(22)11-23-13-19-12-20-23/h4,6,9,12-13,16H,2-3,5,7-8,10-11H2,1H3. The predicted molar refractivity (Wildman–Crippen MR) is 91.6 cm³/mol. The number of hydrogen-bond donors (Lipinski definition) is 0. The number of carbonyl (C=O) groups excluding carboxylic acids is 1. The Hall–Kier alpha value is -2.21. The average Bonchev–Trinajstić information content (AvgIpc) is 3.24. The van der Waals surface area contributed by atoms with Crippen molar-refractivity contribution in [3.63, 3.8) is 0 Å². The number of nitrogens with zero attached hydrogens (tertiary/aromatic N) is 5. The van der Waals surface area contributed by atoms with Crippen molar-refractivity contribution in [2.75, 3.05) is 18.5 Å². The molecule has 0 N–H and O–H groups in total. The smallest absolute Gasteiger partial charge is 0.227 e. The third-order valence-electron chi connectivity index (χ3n) is 5.24. The zero-order valence-corrected chi connectivity index (χ0v) is 14.1. The molecule has 1 atom stereocenters. The summed E-state index contributed by atoms with van der Waals surface area (Å²) in [4.78, 5) is 20.2. The summed E-state index contributed by atoms with van der Waals surface area (Å²) in [6.45, 7) is 3.00. The van der Waals surface area contributed by atoms with Gasteiger partial charge in [0.1, 0.15) is 12.7 Å². The van der Waals surface area contributed by atoms with Gasteiger partial charge in [-0.15, -0.1) is 0 Å². The summed E-state index contributed by atoms with van der Waals surface area (Å²) >= 11 is 0. The van der Waals surface area contributed by atoms with Crippen LogP contribution in [0.5, 0.6) is 0 Å². The van der Waals surface area contributed by atoms with Gasteiger partial charge < -0.3 is 4.90 Å². The molecular formula is C18H23N5O. The van der Waals surface area contributed by atoms with Crippen molar-refractivity contribution in [2.45, 2.75) is 44.8 Å². The predicted octanol–water partition coefficient (Wildman–Crippen LogP) is 1.85. The highest BCUT2D eigenvalue weighted by Gasteiger charge is 2.26. The van der Waals surface area contributed by atoms with Crippen LogP contribution in [-0.2, 0) is 24.3 Å². The van der Waals surface area contributed by atoms with E-state index in [1.54, 1.807) is 17.6 Å². The van der Waals surface area contributed by atoms with E-state index in [2.05, 4.69) is 33.2 Å². The number of amides is 1. The molecule has 0 spiro atoms. The Kier molecular flexibility index (Phi) is 4.06. The number of anilines is 1. The Morgan fingerprint density at radius 2 is 2.21 bits per heavy atom. The number of hydrogen-bond acceptors (Lipinski definition) is 4. The monoisotopic (exact) mass is 325 g/mol. The average molecular weight is 325 g/mol. The molecule has 126 valence electrons. The number of likely N-dealkylation sites (tertiary alicyclic amines) is 1. The van der Waals surface area contributed by atoms with E-state index < -0.39 is 0 Å². The van der Waals surface area contributed by atoms with E-state index in [0.717, 1.165) is 31.7 Å². The summed E-state index contributed by atoms with van der Waals surface area (Å²) < 4.78 is 1.93. The van der Waals surface area contributed by atoms with Gasteiger partial charge in [0.05, 0.1) is 6.54 Å². The van der Waals surface area contributed by atoms with Gasteiger partial charge in [0, 0.05) is 31.7 Å². The second-order valence-corrected chi connectivity index (χ2v) is 6.80. The molecule has 3 heterocycles. The fraction of sp³-hybridized carbons (Fsp3) is 0.500. The number of aromatic nitrogens is 3. The summed E-state index contributed by atoms with van der Waals surface area (Å²) in [5.41, 5.74) is 3.69. The third-order valence-corrected chi connectivity index (χ3v) is 5.24. The second kappa shape index (κ2) is 6.36. The van der Waals surface area contributed by atoms with E-state index in [9.17, 15) is 4.79 Å². The van der Waals surface area contributed by atoms with Gasteiger partial charge in [-0.3, -0.25) is 14.4 Å². The van der Waals surface area contributed by atoms with E-state index in [1.807, 2.05) is 11.7 Å². The molecule has 1 aromatic carbocycles. The van der Waals surface area contributed by atoms with Crippen molar-refractivity contribution in [1.29, 1.82) is 0 Å². The molecule has 2 aliphatic heterocycles. The number of carbonyl (C=O) groups is 1. The maximum absolute atomic E-state index is 11.8. The van der Waals surface area contributed by atoms with Crippen LogP contribution in [0.3, 0.4) is 0 Å². The lowest BCUT2D eigenvalue weighted by Gasteiger charge is -2.28. The summed E-state index contributed by atoms with van der Waals surface area (Å²) in [6.07, 6.45) is 7.31. The summed E-state index contributed by atoms with van der Waals surface area (Å²) in [6, 6.07) is 7.07. The zero-order chi connectivity index (χ0) is 16.5. The lowest BCUT2D eigenvalue weighted by atomic mass is 9.99. The highest BCUT2D eigenvalue weighted by atomic mass is 16.2. The molecule has 6 heteroatoms. The molecule has 4 rings (SSSR count). The van der Waals surface area contributed by atoms with Crippen molar-refractivity contribution >= 4 is 11.6 Å². The number of fused-ring (bicyclic) bond motifs is 1. The first-order chi connectivity index (χ1) is 11.7. The number of aryl methyl sites for hydroxylation is 1. The fourth-order valence-corrected chi connectivity index (χ4v) is 3.90. The fourth-order valence-electron chi connectivity index (χ4n) is 3.90. The van der Waals surface area contributed by atoms with Gasteiger partial charge in [0.25, 0.3) is 0 Å². The quantitative estimate of drug-likeness (QED) is 0.861. The molecule has 0 radical (unpaired) electrons. The Balaban J connectivity index is 1.47. The van der Waals surface area contributed by atoms with Gasteiger partial charge in [0.2, 0.25) is 5.91 Å². The van der Waals surface area contributed by atoms with Gasteiger partial charge in [0.15, 0.2) is 0 Å². The van der Waals surface area contributed by atoms with Crippen LogP contribution in [0.15, 0.2) is 30.9 Å². The Morgan fingerprint density at radius 1 is 1.29 bits per heavy atom. The van der Waals surface area contributed by atoms with Crippen molar-refractivity contribution in [3.05, 3.63) is 42.0 Å². The van der Waals surface area contributed by atoms with Gasteiger partial charge in [-0.05, 0) is 43.0 Å². The molecule has 0 aliphatic carbocycles. The van der Waals surface area contributed by atoms with Crippen molar-refractivity contribution in [2.24, 2.45) is 0 Å². The lowest BCUT2D eigenvalue weighted by Crippen LogP contribution is -2.33. The molecule has 6 nitrogen and oxygen atoms in total. The number of rotatable bonds is 4. The van der Waals surface area contributed by atoms with Crippen LogP contribution in [0.1, 0.15) is 30.4 Å². The van der Waals surface area contributed by atoms with Crippen LogP contribution in [0.4, 0.5) is 5.69 Å². The molecule has 0 bridgehead atoms. The molecule has 1 amide bonds. The summed E-state index contributed by atoms with van der Waals surface area (Å²) in [7, 11) is 1.87. The Morgan fingerprint density at radius 3 is 3.04 bits per heavy atom. The van der Waals surface area contributed by atoms with Crippen molar-refractivity contribution < 1.29 is 4.79 Å². The molecular weight excluding hydrogens is 302 g/mol. The van der Waals surface area contributed by atoms with E-state index >= 15 is 0 Å². The highest BCUT2D eigenvalue weighted by molar-refractivity contribution is 5.95. The minimum absolute atomic E-state index is 0.211. The minimum Gasteiger partial charge on any atom is -0.315 e. The Labute approximate surface area is 142 Å². The van der Waals surface area contributed by atoms with Crippen LogP contribution in [0, 0.1) is 0 Å². The van der Waals surface area contributed by atoms with Crippen LogP contribution in [0.2, 0.25) is 0 Å². The largest absolute Gasteiger partial charge is 0.315 e. The van der Waals surface area contributed by atoms with Crippen LogP contribution in [-0.4, -0.2) is 45.2 Å².